The van der Waals surface area contributed by atoms with Crippen LogP contribution in [-0.4, -0.2) is 30.2 Å². The molecule has 4 aromatic rings. The van der Waals surface area contributed by atoms with E-state index in [1.54, 1.807) is 24.4 Å². The molecule has 1 aliphatic heterocycles. The first-order valence-electron chi connectivity index (χ1n) is 11.7. The lowest BCUT2D eigenvalue weighted by Gasteiger charge is -2.38. The molecule has 0 radical (unpaired) electrons. The van der Waals surface area contributed by atoms with E-state index >= 15 is 0 Å². The molecular weight excluding hydrogens is 538 g/mol. The number of thiazole rings is 1. The number of benzene rings is 2. The summed E-state index contributed by atoms with van der Waals surface area (Å²) < 4.78 is 50.3. The third kappa shape index (κ3) is 5.24. The quantitative estimate of drug-likeness (QED) is 0.266. The molecule has 10 heteroatoms. The maximum Gasteiger partial charge on any atom is 0.255 e. The molecule has 3 heterocycles. The standard InChI is InChI=1S/C27H25ClF2N2O3S2/c1-15-11-19(28)12-16(2)25(15)32-14-18(3-6-23(32)33)24-26(21-5-4-20(29)13-22(21)30)36-27(31-24)17-7-9-37(34,35)10-8-17/h3-6,11-14,17,34-35H,7-10H2,1-2H3. The molecule has 0 bridgehead atoms. The summed E-state index contributed by atoms with van der Waals surface area (Å²) in [7, 11) is -2.57. The number of rotatable bonds is 4. The summed E-state index contributed by atoms with van der Waals surface area (Å²) >= 11 is 7.51. The highest BCUT2D eigenvalue weighted by molar-refractivity contribution is 8.24. The van der Waals surface area contributed by atoms with Gasteiger partial charge in [-0.15, -0.1) is 11.3 Å². The monoisotopic (exact) mass is 562 g/mol. The zero-order valence-electron chi connectivity index (χ0n) is 20.2. The van der Waals surface area contributed by atoms with Gasteiger partial charge in [-0.2, -0.15) is 10.6 Å². The molecule has 2 aromatic carbocycles. The number of aryl methyl sites for hydroxylation is 2. The van der Waals surface area contributed by atoms with Crippen LogP contribution in [0.5, 0.6) is 0 Å². The Hall–Kier alpha value is -2.56. The van der Waals surface area contributed by atoms with Crippen molar-refractivity contribution in [3.05, 3.63) is 91.8 Å². The van der Waals surface area contributed by atoms with Crippen LogP contribution in [0.2, 0.25) is 5.02 Å². The van der Waals surface area contributed by atoms with Crippen LogP contribution in [0.25, 0.3) is 27.4 Å². The summed E-state index contributed by atoms with van der Waals surface area (Å²) in [4.78, 5) is 18.3. The SMILES string of the molecule is Cc1cc(Cl)cc(C)c1-n1cc(-c2nc(C3CCS(O)(O)CC3)sc2-c2ccc(F)cc2F)ccc1=O. The van der Waals surface area contributed by atoms with Gasteiger partial charge in [-0.05, 0) is 68.1 Å². The molecule has 0 aliphatic carbocycles. The molecule has 1 saturated heterocycles. The lowest BCUT2D eigenvalue weighted by Crippen LogP contribution is -2.19. The van der Waals surface area contributed by atoms with Gasteiger partial charge in [0.25, 0.3) is 5.56 Å². The predicted molar refractivity (Wildman–Crippen MR) is 148 cm³/mol. The second-order valence-electron chi connectivity index (χ2n) is 9.35. The van der Waals surface area contributed by atoms with Crippen molar-refractivity contribution >= 4 is 33.5 Å². The van der Waals surface area contributed by atoms with Crippen molar-refractivity contribution in [2.24, 2.45) is 0 Å². The van der Waals surface area contributed by atoms with Crippen molar-refractivity contribution in [2.75, 3.05) is 11.5 Å². The van der Waals surface area contributed by atoms with E-state index < -0.39 is 22.2 Å². The topological polar surface area (TPSA) is 75.3 Å². The second kappa shape index (κ2) is 9.96. The Labute approximate surface area is 223 Å². The molecule has 1 fully saturated rings. The minimum absolute atomic E-state index is 0.00686. The summed E-state index contributed by atoms with van der Waals surface area (Å²) in [6, 6.07) is 10.1. The normalized spacial score (nSPS) is 16.6. The Balaban J connectivity index is 1.67. The van der Waals surface area contributed by atoms with Gasteiger partial charge in [0.2, 0.25) is 0 Å². The maximum atomic E-state index is 14.9. The lowest BCUT2D eigenvalue weighted by atomic mass is 10.0. The molecule has 0 amide bonds. The Morgan fingerprint density at radius 2 is 1.73 bits per heavy atom. The Morgan fingerprint density at radius 3 is 2.38 bits per heavy atom. The van der Waals surface area contributed by atoms with Crippen molar-refractivity contribution < 1.29 is 17.9 Å². The van der Waals surface area contributed by atoms with Gasteiger partial charge in [-0.25, -0.2) is 13.8 Å². The van der Waals surface area contributed by atoms with E-state index in [1.165, 1.54) is 34.1 Å². The van der Waals surface area contributed by atoms with E-state index in [4.69, 9.17) is 16.6 Å². The Kier molecular flexibility index (Phi) is 7.02. The van der Waals surface area contributed by atoms with Gasteiger partial charge in [-0.3, -0.25) is 18.5 Å². The molecule has 194 valence electrons. The molecule has 2 N–H and O–H groups in total. The molecule has 0 saturated carbocycles. The van der Waals surface area contributed by atoms with Gasteiger partial charge in [0.15, 0.2) is 0 Å². The van der Waals surface area contributed by atoms with Gasteiger partial charge < -0.3 is 0 Å². The summed E-state index contributed by atoms with van der Waals surface area (Å²) in [5.74, 6) is -0.786. The number of hydrogen-bond acceptors (Lipinski definition) is 5. The molecule has 1 aliphatic rings. The van der Waals surface area contributed by atoms with Crippen LogP contribution in [0.15, 0.2) is 53.5 Å². The summed E-state index contributed by atoms with van der Waals surface area (Å²) in [6.45, 7) is 3.75. The van der Waals surface area contributed by atoms with E-state index in [9.17, 15) is 22.7 Å². The smallest absolute Gasteiger partial charge is 0.255 e. The van der Waals surface area contributed by atoms with Crippen molar-refractivity contribution in [2.45, 2.75) is 32.6 Å². The van der Waals surface area contributed by atoms with Crippen molar-refractivity contribution in [3.63, 3.8) is 0 Å². The lowest BCUT2D eigenvalue weighted by molar-refractivity contribution is 0.457. The van der Waals surface area contributed by atoms with Crippen LogP contribution in [0.4, 0.5) is 8.78 Å². The molecule has 0 unspecified atom stereocenters. The first-order chi connectivity index (χ1) is 17.5. The number of halogens is 3. The van der Waals surface area contributed by atoms with Crippen LogP contribution >= 0.6 is 33.5 Å². The van der Waals surface area contributed by atoms with Gasteiger partial charge in [0.1, 0.15) is 11.6 Å². The maximum absolute atomic E-state index is 14.9. The molecule has 0 spiro atoms. The van der Waals surface area contributed by atoms with Gasteiger partial charge in [0.05, 0.1) is 21.3 Å². The fourth-order valence-corrected chi connectivity index (χ4v) is 7.94. The minimum Gasteiger partial charge on any atom is -0.299 e. The average molecular weight is 563 g/mol. The highest BCUT2D eigenvalue weighted by atomic mass is 35.5. The summed E-state index contributed by atoms with van der Waals surface area (Å²) in [5.41, 5.74) is 3.44. The number of nitrogens with zero attached hydrogens (tertiary/aromatic N) is 2. The highest BCUT2D eigenvalue weighted by Crippen LogP contribution is 2.50. The van der Waals surface area contributed by atoms with E-state index in [0.29, 0.717) is 51.2 Å². The van der Waals surface area contributed by atoms with E-state index in [1.807, 2.05) is 13.8 Å². The van der Waals surface area contributed by atoms with Crippen LogP contribution < -0.4 is 5.56 Å². The highest BCUT2D eigenvalue weighted by Gasteiger charge is 2.29. The van der Waals surface area contributed by atoms with E-state index in [2.05, 4.69) is 0 Å². The first-order valence-corrected chi connectivity index (χ1v) is 14.8. The number of aromatic nitrogens is 2. The molecular formula is C27H25ClF2N2O3S2. The molecule has 0 atom stereocenters. The fourth-order valence-electron chi connectivity index (χ4n) is 4.80. The van der Waals surface area contributed by atoms with Crippen LogP contribution in [0, 0.1) is 25.5 Å². The Bertz CT molecular complexity index is 1530. The zero-order chi connectivity index (χ0) is 26.5. The Morgan fingerprint density at radius 1 is 1.05 bits per heavy atom. The molecule has 5 nitrogen and oxygen atoms in total. The van der Waals surface area contributed by atoms with Crippen LogP contribution in [0.1, 0.15) is 34.9 Å². The number of hydrogen-bond donors (Lipinski definition) is 2. The van der Waals surface area contributed by atoms with Crippen molar-refractivity contribution in [1.29, 1.82) is 0 Å². The van der Waals surface area contributed by atoms with Crippen LogP contribution in [-0.2, 0) is 0 Å². The fraction of sp³-hybridized carbons (Fsp3) is 0.259. The largest absolute Gasteiger partial charge is 0.299 e. The minimum atomic E-state index is -2.57. The molecule has 2 aromatic heterocycles. The third-order valence-electron chi connectivity index (χ3n) is 6.64. The zero-order valence-corrected chi connectivity index (χ0v) is 22.6. The molecule has 37 heavy (non-hydrogen) atoms. The van der Waals surface area contributed by atoms with Gasteiger partial charge >= 0.3 is 0 Å². The van der Waals surface area contributed by atoms with E-state index in [-0.39, 0.29) is 17.0 Å². The van der Waals surface area contributed by atoms with Gasteiger partial charge in [-0.1, -0.05) is 11.6 Å². The summed E-state index contributed by atoms with van der Waals surface area (Å²) in [5, 5.41) is 1.32. The van der Waals surface area contributed by atoms with Crippen molar-refractivity contribution in [3.8, 4) is 27.4 Å². The molecule has 5 rings (SSSR count). The summed E-state index contributed by atoms with van der Waals surface area (Å²) in [6.07, 6.45) is 2.80. The average Bonchev–Trinajstić information content (AvgIpc) is 3.24. The van der Waals surface area contributed by atoms with E-state index in [0.717, 1.165) is 22.2 Å². The number of pyridine rings is 1. The van der Waals surface area contributed by atoms with Crippen molar-refractivity contribution in [1.82, 2.24) is 9.55 Å². The van der Waals surface area contributed by atoms with Gasteiger partial charge in [0, 0.05) is 51.9 Å². The predicted octanol–water partition coefficient (Wildman–Crippen LogP) is 7.80. The van der Waals surface area contributed by atoms with Crippen LogP contribution in [0.3, 0.4) is 0 Å². The second-order valence-corrected chi connectivity index (χ2v) is 13.2. The first kappa shape index (κ1) is 26.1. The third-order valence-corrected chi connectivity index (χ3v) is 9.88.